The molecule has 9 heavy (non-hydrogen) atoms. The summed E-state index contributed by atoms with van der Waals surface area (Å²) in [7, 11) is 0. The molecule has 1 N–H and O–H groups in total. The molecule has 0 rings (SSSR count). The minimum absolute atomic E-state index is 1.05. The van der Waals surface area contributed by atoms with Gasteiger partial charge in [0.05, 0.1) is 0 Å². The predicted octanol–water partition coefficient (Wildman–Crippen LogP) is 2.30. The largest absolute Gasteiger partial charge is 0.389 e. The van der Waals surface area contributed by atoms with E-state index in [-0.39, 0.29) is 0 Å². The van der Waals surface area contributed by atoms with Crippen LogP contribution in [0.15, 0.2) is 12.3 Å². The predicted molar refractivity (Wildman–Crippen MR) is 42.3 cm³/mol. The molecule has 0 aliphatic carbocycles. The molecule has 0 aliphatic rings. The summed E-state index contributed by atoms with van der Waals surface area (Å²) in [5, 5.41) is 3.24. The highest BCUT2D eigenvalue weighted by Crippen LogP contribution is 1.91. The van der Waals surface area contributed by atoms with E-state index in [4.69, 9.17) is 0 Å². The number of hydrogen-bond acceptors (Lipinski definition) is 1. The Morgan fingerprint density at radius 3 is 2.56 bits per heavy atom. The van der Waals surface area contributed by atoms with Crippen molar-refractivity contribution in [2.24, 2.45) is 0 Å². The van der Waals surface area contributed by atoms with Crippen LogP contribution in [0.3, 0.4) is 0 Å². The van der Waals surface area contributed by atoms with Crippen molar-refractivity contribution in [3.05, 3.63) is 12.3 Å². The van der Waals surface area contributed by atoms with Crippen LogP contribution in [-0.2, 0) is 0 Å². The Labute approximate surface area is 58.2 Å². The van der Waals surface area contributed by atoms with E-state index in [0.29, 0.717) is 0 Å². The van der Waals surface area contributed by atoms with Crippen molar-refractivity contribution in [2.45, 2.75) is 33.1 Å². The van der Waals surface area contributed by atoms with Crippen LogP contribution in [0.1, 0.15) is 33.1 Å². The molecule has 0 spiro atoms. The zero-order chi connectivity index (χ0) is 7.11. The lowest BCUT2D eigenvalue weighted by atomic mass is 10.3. The van der Waals surface area contributed by atoms with Crippen molar-refractivity contribution in [1.82, 2.24) is 5.32 Å². The molecule has 0 saturated carbocycles. The number of nitrogens with one attached hydrogen (secondary N) is 1. The van der Waals surface area contributed by atoms with Crippen molar-refractivity contribution in [2.75, 3.05) is 6.54 Å². The van der Waals surface area contributed by atoms with Gasteiger partial charge in [0.2, 0.25) is 0 Å². The van der Waals surface area contributed by atoms with Gasteiger partial charge in [0, 0.05) is 12.2 Å². The summed E-state index contributed by atoms with van der Waals surface area (Å²) in [5.74, 6) is 0. The zero-order valence-corrected chi connectivity index (χ0v) is 6.54. The summed E-state index contributed by atoms with van der Waals surface area (Å²) in [4.78, 5) is 0. The van der Waals surface area contributed by atoms with Crippen LogP contribution in [0, 0.1) is 0 Å². The fourth-order valence-electron chi connectivity index (χ4n) is 0.567. The number of rotatable bonds is 5. The van der Waals surface area contributed by atoms with Gasteiger partial charge in [0.15, 0.2) is 0 Å². The molecule has 0 aromatic rings. The Bertz CT molecular complexity index is 76.6. The Morgan fingerprint density at radius 2 is 2.11 bits per heavy atom. The van der Waals surface area contributed by atoms with Gasteiger partial charge in [0.1, 0.15) is 0 Å². The molecule has 0 radical (unpaired) electrons. The fourth-order valence-corrected chi connectivity index (χ4v) is 0.567. The number of unbranched alkanes of at least 4 members (excludes halogenated alkanes) is 1. The van der Waals surface area contributed by atoms with E-state index in [0.717, 1.165) is 18.7 Å². The van der Waals surface area contributed by atoms with Gasteiger partial charge in [-0.2, -0.15) is 0 Å². The second-order valence-corrected chi connectivity index (χ2v) is 2.24. The molecule has 0 atom stereocenters. The monoisotopic (exact) mass is 127 g/mol. The molecule has 0 saturated heterocycles. The van der Waals surface area contributed by atoms with Crippen LogP contribution in [0.4, 0.5) is 0 Å². The summed E-state index contributed by atoms with van der Waals surface area (Å²) >= 11 is 0. The highest BCUT2D eigenvalue weighted by Gasteiger charge is 1.85. The lowest BCUT2D eigenvalue weighted by molar-refractivity contribution is 0.696. The van der Waals surface area contributed by atoms with Gasteiger partial charge in [0.25, 0.3) is 0 Å². The second kappa shape index (κ2) is 5.67. The van der Waals surface area contributed by atoms with E-state index >= 15 is 0 Å². The second-order valence-electron chi connectivity index (χ2n) is 2.24. The SMILES string of the molecule is C=C(CC)NCCCC. The topological polar surface area (TPSA) is 12.0 Å². The van der Waals surface area contributed by atoms with Gasteiger partial charge in [-0.05, 0) is 12.8 Å². The average molecular weight is 127 g/mol. The summed E-state index contributed by atoms with van der Waals surface area (Å²) in [6, 6.07) is 0. The van der Waals surface area contributed by atoms with E-state index in [2.05, 4.69) is 25.7 Å². The third-order valence-corrected chi connectivity index (χ3v) is 1.33. The maximum Gasteiger partial charge on any atom is 0.0143 e. The van der Waals surface area contributed by atoms with E-state index in [1.165, 1.54) is 12.8 Å². The molecule has 0 bridgehead atoms. The van der Waals surface area contributed by atoms with Gasteiger partial charge < -0.3 is 5.32 Å². The molecule has 0 fully saturated rings. The molecule has 0 amide bonds. The van der Waals surface area contributed by atoms with Crippen LogP contribution in [-0.4, -0.2) is 6.54 Å². The maximum atomic E-state index is 3.83. The number of hydrogen-bond donors (Lipinski definition) is 1. The van der Waals surface area contributed by atoms with Crippen LogP contribution in [0.2, 0.25) is 0 Å². The molecule has 0 aromatic heterocycles. The standard InChI is InChI=1S/C8H17N/c1-4-6-7-9-8(3)5-2/h9H,3-7H2,1-2H3. The molecular formula is C8H17N. The van der Waals surface area contributed by atoms with Crippen LogP contribution >= 0.6 is 0 Å². The first kappa shape index (κ1) is 8.54. The number of allylic oxidation sites excluding steroid dienone is 1. The van der Waals surface area contributed by atoms with Crippen molar-refractivity contribution in [3.63, 3.8) is 0 Å². The van der Waals surface area contributed by atoms with E-state index in [1.54, 1.807) is 0 Å². The van der Waals surface area contributed by atoms with E-state index < -0.39 is 0 Å². The molecule has 54 valence electrons. The van der Waals surface area contributed by atoms with Crippen molar-refractivity contribution in [1.29, 1.82) is 0 Å². The first-order chi connectivity index (χ1) is 4.31. The summed E-state index contributed by atoms with van der Waals surface area (Å²) < 4.78 is 0. The Kier molecular flexibility index (Phi) is 5.38. The lowest BCUT2D eigenvalue weighted by Gasteiger charge is -2.04. The first-order valence-electron chi connectivity index (χ1n) is 3.72. The van der Waals surface area contributed by atoms with E-state index in [1.807, 2.05) is 0 Å². The Morgan fingerprint density at radius 1 is 1.44 bits per heavy atom. The quantitative estimate of drug-likeness (QED) is 0.559. The molecule has 0 aromatic carbocycles. The van der Waals surface area contributed by atoms with Crippen molar-refractivity contribution >= 4 is 0 Å². The molecule has 0 aliphatic heterocycles. The fraction of sp³-hybridized carbons (Fsp3) is 0.750. The van der Waals surface area contributed by atoms with Crippen molar-refractivity contribution < 1.29 is 0 Å². The molecule has 1 nitrogen and oxygen atoms in total. The van der Waals surface area contributed by atoms with Crippen LogP contribution in [0.5, 0.6) is 0 Å². The summed E-state index contributed by atoms with van der Waals surface area (Å²) in [6.45, 7) is 9.22. The van der Waals surface area contributed by atoms with Gasteiger partial charge in [-0.15, -0.1) is 0 Å². The van der Waals surface area contributed by atoms with Gasteiger partial charge in [-0.25, -0.2) is 0 Å². The Balaban J connectivity index is 2.97. The lowest BCUT2D eigenvalue weighted by Crippen LogP contribution is -2.12. The maximum absolute atomic E-state index is 3.83. The first-order valence-corrected chi connectivity index (χ1v) is 3.72. The van der Waals surface area contributed by atoms with E-state index in [9.17, 15) is 0 Å². The normalized spacial score (nSPS) is 9.11. The highest BCUT2D eigenvalue weighted by molar-refractivity contribution is 4.88. The zero-order valence-electron chi connectivity index (χ0n) is 6.54. The molecular weight excluding hydrogens is 110 g/mol. The van der Waals surface area contributed by atoms with Crippen LogP contribution in [0.25, 0.3) is 0 Å². The Hall–Kier alpha value is -0.460. The average Bonchev–Trinajstić information content (AvgIpc) is 1.89. The molecule has 0 heterocycles. The molecule has 0 unspecified atom stereocenters. The third-order valence-electron chi connectivity index (χ3n) is 1.33. The van der Waals surface area contributed by atoms with Gasteiger partial charge >= 0.3 is 0 Å². The van der Waals surface area contributed by atoms with Crippen LogP contribution < -0.4 is 5.32 Å². The third kappa shape index (κ3) is 5.41. The smallest absolute Gasteiger partial charge is 0.0143 e. The van der Waals surface area contributed by atoms with Gasteiger partial charge in [-0.1, -0.05) is 26.8 Å². The summed E-state index contributed by atoms with van der Waals surface area (Å²) in [6.07, 6.45) is 3.55. The minimum atomic E-state index is 1.05. The highest BCUT2D eigenvalue weighted by atomic mass is 14.9. The van der Waals surface area contributed by atoms with Gasteiger partial charge in [-0.3, -0.25) is 0 Å². The minimum Gasteiger partial charge on any atom is -0.389 e. The van der Waals surface area contributed by atoms with Crippen molar-refractivity contribution in [3.8, 4) is 0 Å². The molecule has 1 heteroatoms. The summed E-state index contributed by atoms with van der Waals surface area (Å²) in [5.41, 5.74) is 1.16.